The summed E-state index contributed by atoms with van der Waals surface area (Å²) >= 11 is 0. The van der Waals surface area contributed by atoms with Crippen LogP contribution >= 0.6 is 0 Å². The largest absolute Gasteiger partial charge is 0.491 e. The quantitative estimate of drug-likeness (QED) is 0.895. The van der Waals surface area contributed by atoms with E-state index in [2.05, 4.69) is 5.32 Å². The Hall–Kier alpha value is -1.27. The molecule has 6 heteroatoms. The normalized spacial score (nSPS) is 20.9. The van der Waals surface area contributed by atoms with Crippen molar-refractivity contribution in [2.24, 2.45) is 0 Å². The highest BCUT2D eigenvalue weighted by Gasteiger charge is 2.35. The lowest BCUT2D eigenvalue weighted by Crippen LogP contribution is -2.44. The summed E-state index contributed by atoms with van der Waals surface area (Å²) in [7, 11) is -3.31. The van der Waals surface area contributed by atoms with E-state index >= 15 is 0 Å². The fourth-order valence-corrected chi connectivity index (χ4v) is 4.83. The van der Waals surface area contributed by atoms with Crippen LogP contribution in [-0.4, -0.2) is 39.9 Å². The summed E-state index contributed by atoms with van der Waals surface area (Å²) in [6.45, 7) is 2.62. The summed E-state index contributed by atoms with van der Waals surface area (Å²) in [6.07, 6.45) is 2.09. The Kier molecular flexibility index (Phi) is 3.85. The van der Waals surface area contributed by atoms with E-state index < -0.39 is 10.0 Å². The number of fused-ring (bicyclic) bond motifs is 1. The minimum atomic E-state index is -3.31. The minimum Gasteiger partial charge on any atom is -0.491 e. The van der Waals surface area contributed by atoms with E-state index in [1.807, 2.05) is 24.3 Å². The van der Waals surface area contributed by atoms with Crippen LogP contribution in [0.4, 0.5) is 5.69 Å². The predicted molar refractivity (Wildman–Crippen MR) is 78.7 cm³/mol. The van der Waals surface area contributed by atoms with Crippen LogP contribution in [0.5, 0.6) is 5.75 Å². The second-order valence-corrected chi connectivity index (χ2v) is 7.37. The molecular weight excluding hydrogens is 276 g/mol. The molecule has 20 heavy (non-hydrogen) atoms. The van der Waals surface area contributed by atoms with E-state index in [4.69, 9.17) is 4.74 Å². The van der Waals surface area contributed by atoms with Gasteiger partial charge in [-0.2, -0.15) is 0 Å². The molecule has 0 unspecified atom stereocenters. The highest BCUT2D eigenvalue weighted by Crippen LogP contribution is 2.34. The zero-order chi connectivity index (χ0) is 14.0. The fourth-order valence-electron chi connectivity index (χ4n) is 2.83. The van der Waals surface area contributed by atoms with Crippen molar-refractivity contribution in [2.75, 3.05) is 30.5 Å². The smallest absolute Gasteiger partial charge is 0.238 e. The molecule has 0 spiro atoms. The number of sulfonamides is 1. The fraction of sp³-hybridized carbons (Fsp3) is 0.571. The number of piperidine rings is 1. The van der Waals surface area contributed by atoms with Gasteiger partial charge in [-0.15, -0.1) is 0 Å². The molecule has 1 aromatic carbocycles. The number of hydrogen-bond donors (Lipinski definition) is 1. The zero-order valence-electron chi connectivity index (χ0n) is 11.4. The molecule has 1 aromatic rings. The van der Waals surface area contributed by atoms with Gasteiger partial charge in [-0.1, -0.05) is 12.1 Å². The van der Waals surface area contributed by atoms with E-state index in [-0.39, 0.29) is 5.25 Å². The molecule has 0 aliphatic carbocycles. The second-order valence-electron chi connectivity index (χ2n) is 5.24. The maximum Gasteiger partial charge on any atom is 0.238 e. The SMILES string of the molecule is O=S(=O)(C1CCNCC1)N1CCCOc2ccccc21. The van der Waals surface area contributed by atoms with Crippen molar-refractivity contribution in [1.82, 2.24) is 5.32 Å². The maximum absolute atomic E-state index is 12.9. The number of nitrogens with zero attached hydrogens (tertiary/aromatic N) is 1. The van der Waals surface area contributed by atoms with Crippen LogP contribution < -0.4 is 14.4 Å². The van der Waals surface area contributed by atoms with E-state index in [0.717, 1.165) is 19.5 Å². The summed E-state index contributed by atoms with van der Waals surface area (Å²) in [5.74, 6) is 0.669. The van der Waals surface area contributed by atoms with E-state index in [0.29, 0.717) is 37.4 Å². The molecule has 2 heterocycles. The first-order chi connectivity index (χ1) is 9.69. The zero-order valence-corrected chi connectivity index (χ0v) is 12.2. The molecule has 1 fully saturated rings. The number of anilines is 1. The lowest BCUT2D eigenvalue weighted by molar-refractivity contribution is 0.322. The summed E-state index contributed by atoms with van der Waals surface area (Å²) in [5, 5.41) is 2.93. The van der Waals surface area contributed by atoms with Crippen molar-refractivity contribution in [3.05, 3.63) is 24.3 Å². The minimum absolute atomic E-state index is 0.282. The molecule has 0 saturated carbocycles. The van der Waals surface area contributed by atoms with Crippen LogP contribution in [0.15, 0.2) is 24.3 Å². The summed E-state index contributed by atoms with van der Waals surface area (Å²) < 4.78 is 33.0. The summed E-state index contributed by atoms with van der Waals surface area (Å²) in [4.78, 5) is 0. The van der Waals surface area contributed by atoms with Crippen molar-refractivity contribution in [1.29, 1.82) is 0 Å². The van der Waals surface area contributed by atoms with Crippen LogP contribution in [0.1, 0.15) is 19.3 Å². The molecule has 5 nitrogen and oxygen atoms in total. The summed E-state index contributed by atoms with van der Waals surface area (Å²) in [6, 6.07) is 7.41. The molecule has 0 atom stereocenters. The third-order valence-corrected chi connectivity index (χ3v) is 6.22. The molecule has 2 aliphatic heterocycles. The number of hydrogen-bond acceptors (Lipinski definition) is 4. The first-order valence-electron chi connectivity index (χ1n) is 7.14. The standard InChI is InChI=1S/C14H20N2O3S/c17-20(18,12-6-8-15-9-7-12)16-10-3-11-19-14-5-2-1-4-13(14)16/h1-2,4-5,12,15H,3,6-11H2. The molecule has 3 rings (SSSR count). The Morgan fingerprint density at radius 2 is 1.95 bits per heavy atom. The monoisotopic (exact) mass is 296 g/mol. The van der Waals surface area contributed by atoms with Gasteiger partial charge in [0.2, 0.25) is 10.0 Å². The molecule has 0 amide bonds. The van der Waals surface area contributed by atoms with Gasteiger partial charge in [-0.05, 0) is 38.1 Å². The van der Waals surface area contributed by atoms with Crippen molar-refractivity contribution >= 4 is 15.7 Å². The second kappa shape index (κ2) is 5.61. The number of ether oxygens (including phenoxy) is 1. The van der Waals surface area contributed by atoms with Gasteiger partial charge in [0, 0.05) is 13.0 Å². The molecule has 1 saturated heterocycles. The Bertz CT molecular complexity index is 568. The first-order valence-corrected chi connectivity index (χ1v) is 8.64. The highest BCUT2D eigenvalue weighted by molar-refractivity contribution is 7.93. The number of para-hydroxylation sites is 2. The van der Waals surface area contributed by atoms with Crippen LogP contribution in [0.3, 0.4) is 0 Å². The third kappa shape index (κ3) is 2.50. The Morgan fingerprint density at radius 3 is 2.75 bits per heavy atom. The average Bonchev–Trinajstić information content (AvgIpc) is 2.71. The van der Waals surface area contributed by atoms with Crippen molar-refractivity contribution in [3.8, 4) is 5.75 Å². The van der Waals surface area contributed by atoms with E-state index in [1.165, 1.54) is 0 Å². The number of nitrogens with one attached hydrogen (secondary N) is 1. The first kappa shape index (κ1) is 13.7. The summed E-state index contributed by atoms with van der Waals surface area (Å²) in [5.41, 5.74) is 0.684. The van der Waals surface area contributed by atoms with Crippen molar-refractivity contribution in [2.45, 2.75) is 24.5 Å². The van der Waals surface area contributed by atoms with E-state index in [9.17, 15) is 8.42 Å². The molecule has 0 radical (unpaired) electrons. The van der Waals surface area contributed by atoms with Gasteiger partial charge in [-0.3, -0.25) is 4.31 Å². The van der Waals surface area contributed by atoms with Crippen LogP contribution in [0.2, 0.25) is 0 Å². The van der Waals surface area contributed by atoms with Crippen molar-refractivity contribution in [3.63, 3.8) is 0 Å². The van der Waals surface area contributed by atoms with Crippen molar-refractivity contribution < 1.29 is 13.2 Å². The van der Waals surface area contributed by atoms with Gasteiger partial charge in [0.15, 0.2) is 0 Å². The van der Waals surface area contributed by atoms with E-state index in [1.54, 1.807) is 4.31 Å². The molecule has 0 bridgehead atoms. The lowest BCUT2D eigenvalue weighted by atomic mass is 10.2. The molecular formula is C14H20N2O3S. The average molecular weight is 296 g/mol. The van der Waals surface area contributed by atoms with Gasteiger partial charge in [0.1, 0.15) is 5.75 Å². The van der Waals surface area contributed by atoms with Crippen LogP contribution in [0.25, 0.3) is 0 Å². The molecule has 2 aliphatic rings. The molecule has 110 valence electrons. The maximum atomic E-state index is 12.9. The predicted octanol–water partition coefficient (Wildman–Crippen LogP) is 1.36. The van der Waals surface area contributed by atoms with Gasteiger partial charge < -0.3 is 10.1 Å². The lowest BCUT2D eigenvalue weighted by Gasteiger charge is -2.30. The Balaban J connectivity index is 1.96. The number of benzene rings is 1. The number of rotatable bonds is 2. The Labute approximate surface area is 120 Å². The highest BCUT2D eigenvalue weighted by atomic mass is 32.2. The molecule has 1 N–H and O–H groups in total. The molecule has 0 aromatic heterocycles. The Morgan fingerprint density at radius 1 is 1.20 bits per heavy atom. The van der Waals surface area contributed by atoms with Crippen LogP contribution in [-0.2, 0) is 10.0 Å². The van der Waals surface area contributed by atoms with Crippen LogP contribution in [0, 0.1) is 0 Å². The third-order valence-electron chi connectivity index (χ3n) is 3.91. The van der Waals surface area contributed by atoms with Gasteiger partial charge >= 0.3 is 0 Å². The van der Waals surface area contributed by atoms with Gasteiger partial charge in [-0.25, -0.2) is 8.42 Å². The van der Waals surface area contributed by atoms with Gasteiger partial charge in [0.05, 0.1) is 17.5 Å². The topological polar surface area (TPSA) is 58.6 Å². The van der Waals surface area contributed by atoms with Gasteiger partial charge in [0.25, 0.3) is 0 Å².